The van der Waals surface area contributed by atoms with Crippen LogP contribution in [0.3, 0.4) is 0 Å². The second-order valence-corrected chi connectivity index (χ2v) is 4.99. The van der Waals surface area contributed by atoms with Crippen molar-refractivity contribution in [1.82, 2.24) is 20.2 Å². The van der Waals surface area contributed by atoms with Gasteiger partial charge in [0.15, 0.2) is 5.82 Å². The monoisotopic (exact) mass is 310 g/mol. The molecule has 18 heavy (non-hydrogen) atoms. The molecule has 0 fully saturated rings. The molecule has 0 aliphatic heterocycles. The first kappa shape index (κ1) is 12.7. The molecule has 6 nitrogen and oxygen atoms in total. The molecule has 0 radical (unpaired) electrons. The Kier molecular flexibility index (Phi) is 3.42. The summed E-state index contributed by atoms with van der Waals surface area (Å²) in [5.74, 6) is -0.290. The van der Waals surface area contributed by atoms with E-state index < -0.39 is 5.97 Å². The lowest BCUT2D eigenvalue weighted by Crippen LogP contribution is -2.10. The number of carbonyl (C=O) groups is 1. The first-order valence-electron chi connectivity index (χ1n) is 5.32. The lowest BCUT2D eigenvalue weighted by atomic mass is 10.1. The molecule has 0 aliphatic rings. The summed E-state index contributed by atoms with van der Waals surface area (Å²) in [6.07, 6.45) is 0. The van der Waals surface area contributed by atoms with Gasteiger partial charge in [0.1, 0.15) is 0 Å². The highest BCUT2D eigenvalue weighted by molar-refractivity contribution is 9.10. The predicted octanol–water partition coefficient (Wildman–Crippen LogP) is 2.25. The first-order chi connectivity index (χ1) is 8.50. The number of benzene rings is 1. The summed E-state index contributed by atoms with van der Waals surface area (Å²) in [4.78, 5) is 11.2. The summed E-state index contributed by atoms with van der Waals surface area (Å²) in [5.41, 5.74) is 0.609. The maximum absolute atomic E-state index is 11.2. The fourth-order valence-corrected chi connectivity index (χ4v) is 1.95. The molecule has 0 spiro atoms. The van der Waals surface area contributed by atoms with Gasteiger partial charge in [-0.25, -0.2) is 4.79 Å². The third kappa shape index (κ3) is 2.26. The molecule has 2 rings (SSSR count). The van der Waals surface area contributed by atoms with E-state index in [0.29, 0.717) is 16.0 Å². The van der Waals surface area contributed by atoms with Gasteiger partial charge in [0.05, 0.1) is 11.3 Å². The van der Waals surface area contributed by atoms with Crippen molar-refractivity contribution in [2.24, 2.45) is 0 Å². The largest absolute Gasteiger partial charge is 0.478 e. The molecular formula is C11H11BrN4O2. The Morgan fingerprint density at radius 3 is 2.78 bits per heavy atom. The highest BCUT2D eigenvalue weighted by Crippen LogP contribution is 2.22. The number of tetrazole rings is 1. The topological polar surface area (TPSA) is 80.9 Å². The molecular weight excluding hydrogens is 300 g/mol. The van der Waals surface area contributed by atoms with Crippen LogP contribution in [-0.2, 0) is 0 Å². The van der Waals surface area contributed by atoms with E-state index in [1.165, 1.54) is 10.7 Å². The van der Waals surface area contributed by atoms with Gasteiger partial charge < -0.3 is 5.11 Å². The number of hydrogen-bond acceptors (Lipinski definition) is 4. The van der Waals surface area contributed by atoms with Gasteiger partial charge in [-0.2, -0.15) is 4.68 Å². The van der Waals surface area contributed by atoms with Gasteiger partial charge in [0.25, 0.3) is 0 Å². The number of aromatic nitrogens is 4. The smallest absolute Gasteiger partial charge is 0.337 e. The minimum Gasteiger partial charge on any atom is -0.478 e. The normalized spacial score (nSPS) is 10.9. The zero-order valence-corrected chi connectivity index (χ0v) is 11.4. The Labute approximate surface area is 112 Å². The SMILES string of the molecule is CC(C)c1nnnn1-c1ccc(Br)cc1C(=O)O. The minimum absolute atomic E-state index is 0.102. The average Bonchev–Trinajstić information content (AvgIpc) is 2.77. The van der Waals surface area contributed by atoms with E-state index in [1.54, 1.807) is 12.1 Å². The van der Waals surface area contributed by atoms with Crippen molar-refractivity contribution in [3.63, 3.8) is 0 Å². The molecule has 7 heteroatoms. The quantitative estimate of drug-likeness (QED) is 0.940. The predicted molar refractivity (Wildman–Crippen MR) is 67.9 cm³/mol. The molecule has 1 aromatic carbocycles. The van der Waals surface area contributed by atoms with E-state index in [0.717, 1.165) is 0 Å². The maximum atomic E-state index is 11.2. The van der Waals surface area contributed by atoms with Crippen LogP contribution in [0.5, 0.6) is 0 Å². The Morgan fingerprint density at radius 1 is 1.44 bits per heavy atom. The number of carboxylic acids is 1. The number of aromatic carboxylic acids is 1. The van der Waals surface area contributed by atoms with Gasteiger partial charge in [-0.1, -0.05) is 29.8 Å². The lowest BCUT2D eigenvalue weighted by Gasteiger charge is -2.09. The molecule has 0 bridgehead atoms. The summed E-state index contributed by atoms with van der Waals surface area (Å²) in [7, 11) is 0. The second-order valence-electron chi connectivity index (χ2n) is 4.07. The van der Waals surface area contributed by atoms with Crippen molar-refractivity contribution in [3.8, 4) is 5.69 Å². The summed E-state index contributed by atoms with van der Waals surface area (Å²) in [6.45, 7) is 3.89. The molecule has 0 unspecified atom stereocenters. The zero-order chi connectivity index (χ0) is 13.3. The van der Waals surface area contributed by atoms with Crippen LogP contribution < -0.4 is 0 Å². The molecule has 1 N–H and O–H groups in total. The summed E-state index contributed by atoms with van der Waals surface area (Å²) in [5, 5.41) is 20.6. The molecule has 0 atom stereocenters. The van der Waals surface area contributed by atoms with Crippen LogP contribution in [0, 0.1) is 0 Å². The van der Waals surface area contributed by atoms with Crippen LogP contribution in [0.15, 0.2) is 22.7 Å². The van der Waals surface area contributed by atoms with E-state index in [-0.39, 0.29) is 11.5 Å². The van der Waals surface area contributed by atoms with Crippen LogP contribution in [0.4, 0.5) is 0 Å². The van der Waals surface area contributed by atoms with Crippen LogP contribution in [0.2, 0.25) is 0 Å². The van der Waals surface area contributed by atoms with Gasteiger partial charge >= 0.3 is 5.97 Å². The molecule has 0 amide bonds. The van der Waals surface area contributed by atoms with Gasteiger partial charge in [-0.15, -0.1) is 5.10 Å². The fourth-order valence-electron chi connectivity index (χ4n) is 1.59. The highest BCUT2D eigenvalue weighted by atomic mass is 79.9. The Hall–Kier alpha value is -1.76. The van der Waals surface area contributed by atoms with E-state index in [9.17, 15) is 9.90 Å². The molecule has 0 saturated carbocycles. The number of hydrogen-bond donors (Lipinski definition) is 1. The number of rotatable bonds is 3. The van der Waals surface area contributed by atoms with Crippen molar-refractivity contribution in [2.45, 2.75) is 19.8 Å². The van der Waals surface area contributed by atoms with Crippen molar-refractivity contribution >= 4 is 21.9 Å². The molecule has 1 heterocycles. The average molecular weight is 311 g/mol. The van der Waals surface area contributed by atoms with Crippen LogP contribution in [0.25, 0.3) is 5.69 Å². The van der Waals surface area contributed by atoms with Gasteiger partial charge in [0.2, 0.25) is 0 Å². The Morgan fingerprint density at radius 2 is 2.17 bits per heavy atom. The third-order valence-corrected chi connectivity index (χ3v) is 2.92. The molecule has 2 aromatic rings. The summed E-state index contributed by atoms with van der Waals surface area (Å²) < 4.78 is 2.16. The molecule has 0 saturated heterocycles. The van der Waals surface area contributed by atoms with Gasteiger partial charge in [0, 0.05) is 10.4 Å². The number of halogens is 1. The second kappa shape index (κ2) is 4.85. The van der Waals surface area contributed by atoms with E-state index in [1.807, 2.05) is 13.8 Å². The van der Waals surface area contributed by atoms with E-state index in [4.69, 9.17) is 0 Å². The van der Waals surface area contributed by atoms with Crippen molar-refractivity contribution < 1.29 is 9.90 Å². The number of nitrogens with zero attached hydrogens (tertiary/aromatic N) is 4. The zero-order valence-electron chi connectivity index (χ0n) is 9.83. The number of carboxylic acid groups (broad SMARTS) is 1. The molecule has 0 aliphatic carbocycles. The van der Waals surface area contributed by atoms with Gasteiger partial charge in [-0.05, 0) is 28.6 Å². The third-order valence-electron chi connectivity index (χ3n) is 2.43. The van der Waals surface area contributed by atoms with E-state index >= 15 is 0 Å². The van der Waals surface area contributed by atoms with Gasteiger partial charge in [-0.3, -0.25) is 0 Å². The molecule has 1 aromatic heterocycles. The van der Waals surface area contributed by atoms with Crippen LogP contribution in [-0.4, -0.2) is 31.3 Å². The lowest BCUT2D eigenvalue weighted by molar-refractivity contribution is 0.0696. The Bertz CT molecular complexity index is 594. The van der Waals surface area contributed by atoms with Crippen molar-refractivity contribution in [2.75, 3.05) is 0 Å². The fraction of sp³-hybridized carbons (Fsp3) is 0.273. The standard InChI is InChI=1S/C11H11BrN4O2/c1-6(2)10-13-14-15-16(10)9-4-3-7(12)5-8(9)11(17)18/h3-6H,1-2H3,(H,17,18). The summed E-state index contributed by atoms with van der Waals surface area (Å²) >= 11 is 3.25. The summed E-state index contributed by atoms with van der Waals surface area (Å²) in [6, 6.07) is 4.97. The van der Waals surface area contributed by atoms with Crippen LogP contribution >= 0.6 is 15.9 Å². The van der Waals surface area contributed by atoms with E-state index in [2.05, 4.69) is 31.5 Å². The highest BCUT2D eigenvalue weighted by Gasteiger charge is 2.18. The molecule has 94 valence electrons. The maximum Gasteiger partial charge on any atom is 0.337 e. The minimum atomic E-state index is -1.02. The Balaban J connectivity index is 2.63. The van der Waals surface area contributed by atoms with Crippen molar-refractivity contribution in [1.29, 1.82) is 0 Å². The van der Waals surface area contributed by atoms with Crippen LogP contribution in [0.1, 0.15) is 35.9 Å². The first-order valence-corrected chi connectivity index (χ1v) is 6.11. The van der Waals surface area contributed by atoms with Crippen molar-refractivity contribution in [3.05, 3.63) is 34.1 Å².